The topological polar surface area (TPSA) is 58.2 Å². The summed E-state index contributed by atoms with van der Waals surface area (Å²) in [6, 6.07) is 23.9. The van der Waals surface area contributed by atoms with Crippen LogP contribution in [0.1, 0.15) is 38.0 Å². The number of ketones is 1. The minimum atomic E-state index is -0.316. The molecule has 1 aliphatic rings. The number of nitrogens with one attached hydrogen (secondary N) is 2. The molecule has 4 heteroatoms. The van der Waals surface area contributed by atoms with E-state index in [1.54, 1.807) is 30.3 Å². The highest BCUT2D eigenvalue weighted by molar-refractivity contribution is 6.09. The molecule has 25 heavy (non-hydrogen) atoms. The minimum absolute atomic E-state index is 0.0156. The molecule has 3 aromatic carbocycles. The average Bonchev–Trinajstić information content (AvgIpc) is 2.68. The standard InChI is InChI=1S/C21H16N2O2/c24-19(14-6-2-1-3-7-14)15-10-12-16(13-11-15)20-22-18-9-5-4-8-17(18)21(25)23-20/h1-13,20,22H,(H,23,25). The van der Waals surface area contributed by atoms with Crippen molar-refractivity contribution < 1.29 is 9.59 Å². The Balaban J connectivity index is 1.57. The maximum atomic E-state index is 12.5. The van der Waals surface area contributed by atoms with E-state index >= 15 is 0 Å². The van der Waals surface area contributed by atoms with E-state index < -0.39 is 0 Å². The van der Waals surface area contributed by atoms with Crippen molar-refractivity contribution in [3.63, 3.8) is 0 Å². The summed E-state index contributed by atoms with van der Waals surface area (Å²) in [6.07, 6.45) is -0.316. The number of carbonyl (C=O) groups is 2. The van der Waals surface area contributed by atoms with Crippen molar-refractivity contribution in [2.24, 2.45) is 0 Å². The largest absolute Gasteiger partial charge is 0.361 e. The van der Waals surface area contributed by atoms with Gasteiger partial charge in [0.2, 0.25) is 0 Å². The lowest BCUT2D eigenvalue weighted by Gasteiger charge is -2.28. The highest BCUT2D eigenvalue weighted by Gasteiger charge is 2.24. The van der Waals surface area contributed by atoms with Crippen LogP contribution in [0.25, 0.3) is 0 Å². The zero-order valence-corrected chi connectivity index (χ0v) is 13.4. The summed E-state index contributed by atoms with van der Waals surface area (Å²) >= 11 is 0. The molecule has 4 nitrogen and oxygen atoms in total. The SMILES string of the molecule is O=C(c1ccccc1)c1ccc(C2NC(=O)c3ccccc3N2)cc1. The van der Waals surface area contributed by atoms with E-state index in [0.717, 1.165) is 11.3 Å². The van der Waals surface area contributed by atoms with E-state index in [1.165, 1.54) is 0 Å². The maximum Gasteiger partial charge on any atom is 0.255 e. The summed E-state index contributed by atoms with van der Waals surface area (Å²) < 4.78 is 0. The predicted octanol–water partition coefficient (Wildman–Crippen LogP) is 3.77. The van der Waals surface area contributed by atoms with Crippen LogP contribution in [-0.2, 0) is 0 Å². The van der Waals surface area contributed by atoms with E-state index in [4.69, 9.17) is 0 Å². The van der Waals surface area contributed by atoms with Crippen LogP contribution in [0, 0.1) is 0 Å². The number of rotatable bonds is 3. The van der Waals surface area contributed by atoms with Crippen LogP contribution < -0.4 is 10.6 Å². The van der Waals surface area contributed by atoms with E-state index in [2.05, 4.69) is 10.6 Å². The zero-order chi connectivity index (χ0) is 17.2. The second-order valence-electron chi connectivity index (χ2n) is 5.91. The van der Waals surface area contributed by atoms with Crippen LogP contribution in [0.2, 0.25) is 0 Å². The molecule has 0 spiro atoms. The average molecular weight is 328 g/mol. The van der Waals surface area contributed by atoms with Gasteiger partial charge >= 0.3 is 0 Å². The van der Waals surface area contributed by atoms with Gasteiger partial charge in [0.1, 0.15) is 6.17 Å². The van der Waals surface area contributed by atoms with Crippen molar-refractivity contribution in [1.82, 2.24) is 5.32 Å². The number of hydrogen-bond acceptors (Lipinski definition) is 3. The Hall–Kier alpha value is -3.40. The Morgan fingerprint density at radius 2 is 1.36 bits per heavy atom. The molecule has 0 radical (unpaired) electrons. The van der Waals surface area contributed by atoms with Gasteiger partial charge < -0.3 is 10.6 Å². The highest BCUT2D eigenvalue weighted by Crippen LogP contribution is 2.26. The van der Waals surface area contributed by atoms with E-state index in [-0.39, 0.29) is 17.9 Å². The third-order valence-corrected chi connectivity index (χ3v) is 4.29. The molecule has 0 aromatic heterocycles. The molecule has 0 saturated heterocycles. The van der Waals surface area contributed by atoms with Crippen molar-refractivity contribution >= 4 is 17.4 Å². The summed E-state index contributed by atoms with van der Waals surface area (Å²) in [4.78, 5) is 24.7. The van der Waals surface area contributed by atoms with E-state index in [9.17, 15) is 9.59 Å². The molecule has 0 saturated carbocycles. The molecule has 2 N–H and O–H groups in total. The van der Waals surface area contributed by atoms with Crippen LogP contribution in [0.4, 0.5) is 5.69 Å². The fourth-order valence-electron chi connectivity index (χ4n) is 2.96. The Bertz CT molecular complexity index is 934. The molecular formula is C21H16N2O2. The first-order valence-electron chi connectivity index (χ1n) is 8.08. The van der Waals surface area contributed by atoms with Crippen LogP contribution in [-0.4, -0.2) is 11.7 Å². The van der Waals surface area contributed by atoms with E-state index in [0.29, 0.717) is 16.7 Å². The summed E-state index contributed by atoms with van der Waals surface area (Å²) in [5.74, 6) is -0.123. The molecule has 3 aromatic rings. The quantitative estimate of drug-likeness (QED) is 0.720. The van der Waals surface area contributed by atoms with Crippen molar-refractivity contribution in [2.45, 2.75) is 6.17 Å². The summed E-state index contributed by atoms with van der Waals surface area (Å²) in [5, 5.41) is 6.24. The third kappa shape index (κ3) is 2.90. The molecule has 1 aliphatic heterocycles. The molecule has 122 valence electrons. The molecule has 0 bridgehead atoms. The van der Waals surface area contributed by atoms with E-state index in [1.807, 2.05) is 48.5 Å². The molecule has 1 unspecified atom stereocenters. The first kappa shape index (κ1) is 15.1. The molecule has 0 fully saturated rings. The number of carbonyl (C=O) groups excluding carboxylic acids is 2. The van der Waals surface area contributed by atoms with Crippen LogP contribution in [0.5, 0.6) is 0 Å². The molecule has 1 heterocycles. The van der Waals surface area contributed by atoms with Crippen LogP contribution >= 0.6 is 0 Å². The fourth-order valence-corrected chi connectivity index (χ4v) is 2.96. The van der Waals surface area contributed by atoms with Crippen LogP contribution in [0.3, 0.4) is 0 Å². The number of hydrogen-bond donors (Lipinski definition) is 2. The van der Waals surface area contributed by atoms with Gasteiger partial charge in [0, 0.05) is 16.8 Å². The first-order chi connectivity index (χ1) is 12.2. The lowest BCUT2D eigenvalue weighted by atomic mass is 10.0. The smallest absolute Gasteiger partial charge is 0.255 e. The van der Waals surface area contributed by atoms with Gasteiger partial charge in [-0.2, -0.15) is 0 Å². The van der Waals surface area contributed by atoms with Gasteiger partial charge in [-0.25, -0.2) is 0 Å². The Morgan fingerprint density at radius 1 is 0.720 bits per heavy atom. The number of para-hydroxylation sites is 1. The van der Waals surface area contributed by atoms with Gasteiger partial charge in [-0.05, 0) is 17.7 Å². The van der Waals surface area contributed by atoms with Crippen molar-refractivity contribution in [3.05, 3.63) is 101 Å². The number of anilines is 1. The molecule has 1 amide bonds. The molecular weight excluding hydrogens is 312 g/mol. The number of fused-ring (bicyclic) bond motifs is 1. The predicted molar refractivity (Wildman–Crippen MR) is 96.6 cm³/mol. The Labute approximate surface area is 145 Å². The second kappa shape index (κ2) is 6.24. The lowest BCUT2D eigenvalue weighted by Crippen LogP contribution is -2.38. The highest BCUT2D eigenvalue weighted by atomic mass is 16.2. The molecule has 0 aliphatic carbocycles. The Kier molecular flexibility index (Phi) is 3.78. The van der Waals surface area contributed by atoms with Crippen molar-refractivity contribution in [1.29, 1.82) is 0 Å². The summed E-state index contributed by atoms with van der Waals surface area (Å²) in [5.41, 5.74) is 3.62. The van der Waals surface area contributed by atoms with Gasteiger partial charge in [0.05, 0.1) is 5.56 Å². The summed E-state index contributed by atoms with van der Waals surface area (Å²) in [7, 11) is 0. The normalized spacial score (nSPS) is 15.7. The van der Waals surface area contributed by atoms with Gasteiger partial charge in [0.25, 0.3) is 5.91 Å². The fraction of sp³-hybridized carbons (Fsp3) is 0.0476. The third-order valence-electron chi connectivity index (χ3n) is 4.29. The molecule has 1 atom stereocenters. The maximum absolute atomic E-state index is 12.5. The lowest BCUT2D eigenvalue weighted by molar-refractivity contribution is 0.0935. The first-order valence-corrected chi connectivity index (χ1v) is 8.08. The summed E-state index contributed by atoms with van der Waals surface area (Å²) in [6.45, 7) is 0. The Morgan fingerprint density at radius 3 is 2.12 bits per heavy atom. The zero-order valence-electron chi connectivity index (χ0n) is 13.4. The number of benzene rings is 3. The van der Waals surface area contributed by atoms with Gasteiger partial charge in [0.15, 0.2) is 5.78 Å². The van der Waals surface area contributed by atoms with Crippen molar-refractivity contribution in [2.75, 3.05) is 5.32 Å². The molecule has 4 rings (SSSR count). The van der Waals surface area contributed by atoms with Gasteiger partial charge in [-0.15, -0.1) is 0 Å². The second-order valence-corrected chi connectivity index (χ2v) is 5.91. The van der Waals surface area contributed by atoms with Crippen molar-refractivity contribution in [3.8, 4) is 0 Å². The number of amides is 1. The minimum Gasteiger partial charge on any atom is -0.361 e. The van der Waals surface area contributed by atoms with Gasteiger partial charge in [-0.1, -0.05) is 66.7 Å². The monoisotopic (exact) mass is 328 g/mol. The van der Waals surface area contributed by atoms with Gasteiger partial charge in [-0.3, -0.25) is 9.59 Å². The van der Waals surface area contributed by atoms with Crippen LogP contribution in [0.15, 0.2) is 78.9 Å².